The van der Waals surface area contributed by atoms with Gasteiger partial charge in [0.25, 0.3) is 0 Å². The first-order chi connectivity index (χ1) is 9.92. The third kappa shape index (κ3) is 0.993. The summed E-state index contributed by atoms with van der Waals surface area (Å²) in [6, 6.07) is 5.76. The maximum Gasteiger partial charge on any atom is 0.153 e. The van der Waals surface area contributed by atoms with Crippen LogP contribution in [0.5, 0.6) is 0 Å². The summed E-state index contributed by atoms with van der Waals surface area (Å²) in [4.78, 5) is 6.85. The summed E-state index contributed by atoms with van der Waals surface area (Å²) in [6.07, 6.45) is 11.4. The summed E-state index contributed by atoms with van der Waals surface area (Å²) in [6.45, 7) is 0. The normalized spacial score (nSPS) is 43.3. The number of allylic oxidation sites excluding steroid dienone is 2. The van der Waals surface area contributed by atoms with Gasteiger partial charge in [-0.3, -0.25) is 0 Å². The van der Waals surface area contributed by atoms with Crippen LogP contribution in [0.25, 0.3) is 5.65 Å². The van der Waals surface area contributed by atoms with E-state index in [1.54, 1.807) is 0 Å². The number of piperidine rings is 1. The van der Waals surface area contributed by atoms with Crippen LogP contribution in [0.2, 0.25) is 0 Å². The molecule has 2 bridgehead atoms. The van der Waals surface area contributed by atoms with Crippen molar-refractivity contribution >= 4 is 11.5 Å². The lowest BCUT2D eigenvalue weighted by Crippen LogP contribution is -2.23. The number of anilines is 1. The predicted molar refractivity (Wildman–Crippen MR) is 75.4 cm³/mol. The molecule has 0 N–H and O–H groups in total. The Morgan fingerprint density at radius 3 is 3.05 bits per heavy atom. The van der Waals surface area contributed by atoms with Crippen LogP contribution in [0.1, 0.15) is 12.8 Å². The summed E-state index contributed by atoms with van der Waals surface area (Å²) in [5, 5.41) is 4.73. The Balaban J connectivity index is 1.40. The third-order valence-corrected chi connectivity index (χ3v) is 6.14. The highest BCUT2D eigenvalue weighted by atomic mass is 15.4. The molecular formula is C16H16N4. The second-order valence-electron chi connectivity index (χ2n) is 6.78. The molecule has 2 unspecified atom stereocenters. The van der Waals surface area contributed by atoms with Gasteiger partial charge in [-0.1, -0.05) is 12.2 Å². The topological polar surface area (TPSA) is 33.2 Å². The maximum absolute atomic E-state index is 4.73. The van der Waals surface area contributed by atoms with Crippen molar-refractivity contribution in [2.45, 2.75) is 24.9 Å². The number of hydrogen-bond acceptors (Lipinski definition) is 3. The predicted octanol–water partition coefficient (Wildman–Crippen LogP) is 2.13. The monoisotopic (exact) mass is 264 g/mol. The minimum Gasteiger partial charge on any atom is -0.344 e. The largest absolute Gasteiger partial charge is 0.344 e. The molecule has 1 aliphatic heterocycles. The first kappa shape index (κ1) is 9.97. The molecule has 0 radical (unpaired) electrons. The molecule has 100 valence electrons. The summed E-state index contributed by atoms with van der Waals surface area (Å²) in [5.41, 5.74) is 0.934. The van der Waals surface area contributed by atoms with Gasteiger partial charge in [-0.05, 0) is 48.6 Å². The van der Waals surface area contributed by atoms with Crippen molar-refractivity contribution in [1.29, 1.82) is 0 Å². The van der Waals surface area contributed by atoms with E-state index in [0.717, 1.165) is 47.2 Å². The van der Waals surface area contributed by atoms with E-state index in [-0.39, 0.29) is 0 Å². The van der Waals surface area contributed by atoms with E-state index < -0.39 is 0 Å². The average molecular weight is 264 g/mol. The Labute approximate surface area is 117 Å². The summed E-state index contributed by atoms with van der Waals surface area (Å²) in [5.74, 6) is 4.73. The van der Waals surface area contributed by atoms with E-state index in [4.69, 9.17) is 5.10 Å². The van der Waals surface area contributed by atoms with Gasteiger partial charge in [0.05, 0.1) is 12.1 Å². The van der Waals surface area contributed by atoms with E-state index in [1.807, 2.05) is 16.9 Å². The quantitative estimate of drug-likeness (QED) is 0.584. The Bertz CT molecular complexity index is 748. The van der Waals surface area contributed by atoms with E-state index in [1.165, 1.54) is 12.8 Å². The SMILES string of the molecule is C1=C[C@@H]2C3CC([C@@H]4[C@H]3N4c3ccc4nccn4n3)[C@@H]2C1. The van der Waals surface area contributed by atoms with Crippen molar-refractivity contribution in [1.82, 2.24) is 14.6 Å². The van der Waals surface area contributed by atoms with Crippen LogP contribution in [0.4, 0.5) is 5.82 Å². The molecule has 2 saturated carbocycles. The van der Waals surface area contributed by atoms with Crippen LogP contribution in [0.3, 0.4) is 0 Å². The van der Waals surface area contributed by atoms with Crippen LogP contribution in [-0.2, 0) is 0 Å². The maximum atomic E-state index is 4.73. The zero-order valence-corrected chi connectivity index (χ0v) is 11.1. The second-order valence-corrected chi connectivity index (χ2v) is 6.78. The van der Waals surface area contributed by atoms with Crippen molar-refractivity contribution in [3.05, 3.63) is 36.7 Å². The Morgan fingerprint density at radius 2 is 2.05 bits per heavy atom. The van der Waals surface area contributed by atoms with Crippen molar-refractivity contribution in [3.8, 4) is 0 Å². The molecule has 1 saturated heterocycles. The highest BCUT2D eigenvalue weighted by molar-refractivity contribution is 5.57. The van der Waals surface area contributed by atoms with Crippen LogP contribution in [0, 0.1) is 23.7 Å². The van der Waals surface area contributed by atoms with Gasteiger partial charge in [0.2, 0.25) is 0 Å². The number of imidazole rings is 1. The fourth-order valence-electron chi connectivity index (χ4n) is 5.46. The number of aromatic nitrogens is 3. The van der Waals surface area contributed by atoms with E-state index >= 15 is 0 Å². The molecule has 4 nitrogen and oxygen atoms in total. The van der Waals surface area contributed by atoms with Gasteiger partial charge in [0.1, 0.15) is 5.82 Å². The van der Waals surface area contributed by atoms with E-state index in [2.05, 4.69) is 34.2 Å². The molecule has 0 spiro atoms. The lowest BCUT2D eigenvalue weighted by Gasteiger charge is -2.21. The van der Waals surface area contributed by atoms with Gasteiger partial charge in [-0.15, -0.1) is 5.10 Å². The highest BCUT2D eigenvalue weighted by Crippen LogP contribution is 2.66. The van der Waals surface area contributed by atoms with Gasteiger partial charge in [0.15, 0.2) is 5.65 Å². The molecule has 6 atom stereocenters. The van der Waals surface area contributed by atoms with Crippen LogP contribution in [0.15, 0.2) is 36.7 Å². The lowest BCUT2D eigenvalue weighted by molar-refractivity contribution is 0.319. The number of fused-ring (bicyclic) bond motifs is 9. The second kappa shape index (κ2) is 3.08. The number of nitrogens with zero attached hydrogens (tertiary/aromatic N) is 4. The van der Waals surface area contributed by atoms with Crippen molar-refractivity contribution in [3.63, 3.8) is 0 Å². The molecule has 3 aliphatic carbocycles. The van der Waals surface area contributed by atoms with Crippen molar-refractivity contribution < 1.29 is 0 Å². The minimum absolute atomic E-state index is 0.762. The Hall–Kier alpha value is -1.84. The average Bonchev–Trinajstić information content (AvgIpc) is 2.96. The molecule has 4 heteroatoms. The van der Waals surface area contributed by atoms with E-state index in [0.29, 0.717) is 0 Å². The fourth-order valence-corrected chi connectivity index (χ4v) is 5.46. The first-order valence-electron chi connectivity index (χ1n) is 7.67. The Kier molecular flexibility index (Phi) is 1.53. The van der Waals surface area contributed by atoms with Crippen molar-refractivity contribution in [2.24, 2.45) is 23.7 Å². The van der Waals surface area contributed by atoms with Crippen LogP contribution < -0.4 is 4.90 Å². The van der Waals surface area contributed by atoms with Gasteiger partial charge in [-0.25, -0.2) is 9.50 Å². The molecule has 4 aliphatic rings. The minimum atomic E-state index is 0.762. The molecule has 0 amide bonds. The molecule has 3 heterocycles. The summed E-state index contributed by atoms with van der Waals surface area (Å²) in [7, 11) is 0. The summed E-state index contributed by atoms with van der Waals surface area (Å²) >= 11 is 0. The molecule has 6 rings (SSSR count). The fraction of sp³-hybridized carbons (Fsp3) is 0.500. The molecule has 2 aromatic heterocycles. The third-order valence-electron chi connectivity index (χ3n) is 6.14. The highest BCUT2D eigenvalue weighted by Gasteiger charge is 2.70. The Morgan fingerprint density at radius 1 is 1.10 bits per heavy atom. The molecule has 20 heavy (non-hydrogen) atoms. The summed E-state index contributed by atoms with van der Waals surface area (Å²) < 4.78 is 1.89. The smallest absolute Gasteiger partial charge is 0.153 e. The molecular weight excluding hydrogens is 248 g/mol. The number of rotatable bonds is 1. The van der Waals surface area contributed by atoms with Gasteiger partial charge in [-0.2, -0.15) is 0 Å². The zero-order chi connectivity index (χ0) is 12.8. The van der Waals surface area contributed by atoms with Gasteiger partial charge in [0, 0.05) is 12.4 Å². The zero-order valence-electron chi connectivity index (χ0n) is 11.1. The lowest BCUT2D eigenvalue weighted by atomic mass is 9.82. The molecule has 2 aromatic rings. The molecule has 0 aromatic carbocycles. The van der Waals surface area contributed by atoms with Gasteiger partial charge >= 0.3 is 0 Å². The van der Waals surface area contributed by atoms with E-state index in [9.17, 15) is 0 Å². The van der Waals surface area contributed by atoms with Gasteiger partial charge < -0.3 is 4.90 Å². The van der Waals surface area contributed by atoms with Crippen LogP contribution in [-0.4, -0.2) is 26.7 Å². The first-order valence-corrected chi connectivity index (χ1v) is 7.67. The van der Waals surface area contributed by atoms with Crippen LogP contribution >= 0.6 is 0 Å². The molecule has 3 fully saturated rings. The standard InChI is InChI=1S/C16H16N4/c1-2-9-10(3-1)12-8-11(9)15-16(12)20(15)14-5-4-13-17-6-7-19(13)18-14/h1-2,4-7,9-12,15-16H,3,8H2/t9-,10+,11?,12?,15-,16+,20?/m0/s1. The van der Waals surface area contributed by atoms with Crippen molar-refractivity contribution in [2.75, 3.05) is 4.90 Å². The number of hydrogen-bond donors (Lipinski definition) is 0.